The summed E-state index contributed by atoms with van der Waals surface area (Å²) in [5.74, 6) is 0.242. The van der Waals surface area contributed by atoms with Crippen LogP contribution in [0.2, 0.25) is 0 Å². The fraction of sp³-hybridized carbons (Fsp3) is 0.733. The van der Waals surface area contributed by atoms with Gasteiger partial charge in [-0.3, -0.25) is 9.59 Å². The van der Waals surface area contributed by atoms with Gasteiger partial charge in [0.25, 0.3) is 0 Å². The van der Waals surface area contributed by atoms with Crippen molar-refractivity contribution >= 4 is 11.8 Å². The van der Waals surface area contributed by atoms with E-state index in [1.54, 1.807) is 18.7 Å². The Labute approximate surface area is 116 Å². The molecule has 4 heteroatoms. The van der Waals surface area contributed by atoms with E-state index in [0.29, 0.717) is 5.92 Å². The van der Waals surface area contributed by atoms with Gasteiger partial charge in [0, 0.05) is 13.6 Å². The number of carbonyl (C=O) groups is 2. The standard InChI is InChI=1S/C15H26N2O2/c1-5-13(18)16-15(2,3)14(19)17(4)11-12-9-7-6-8-10-12/h5,12H,1,6-11H2,2-4H3,(H,16,18). The predicted octanol–water partition coefficient (Wildman–Crippen LogP) is 2.11. The lowest BCUT2D eigenvalue weighted by atomic mass is 9.88. The first-order valence-corrected chi connectivity index (χ1v) is 7.07. The molecular formula is C15H26N2O2. The van der Waals surface area contributed by atoms with Gasteiger partial charge < -0.3 is 10.2 Å². The molecule has 1 aliphatic carbocycles. The van der Waals surface area contributed by atoms with Gasteiger partial charge >= 0.3 is 0 Å². The van der Waals surface area contributed by atoms with Crippen molar-refractivity contribution in [2.24, 2.45) is 5.92 Å². The number of carbonyl (C=O) groups excluding carboxylic acids is 2. The fourth-order valence-electron chi connectivity index (χ4n) is 2.73. The van der Waals surface area contributed by atoms with Gasteiger partial charge in [0.2, 0.25) is 11.8 Å². The molecule has 19 heavy (non-hydrogen) atoms. The van der Waals surface area contributed by atoms with Crippen LogP contribution >= 0.6 is 0 Å². The summed E-state index contributed by atoms with van der Waals surface area (Å²) in [6.45, 7) is 7.65. The first-order chi connectivity index (χ1) is 8.86. The van der Waals surface area contributed by atoms with E-state index in [0.717, 1.165) is 6.54 Å². The van der Waals surface area contributed by atoms with Crippen molar-refractivity contribution in [3.8, 4) is 0 Å². The van der Waals surface area contributed by atoms with Gasteiger partial charge in [-0.05, 0) is 38.7 Å². The lowest BCUT2D eigenvalue weighted by Crippen LogP contribution is -2.55. The number of hydrogen-bond acceptors (Lipinski definition) is 2. The largest absolute Gasteiger partial charge is 0.343 e. The number of likely N-dealkylation sites (N-methyl/N-ethyl adjacent to an activating group) is 1. The zero-order valence-electron chi connectivity index (χ0n) is 12.4. The molecule has 0 radical (unpaired) electrons. The topological polar surface area (TPSA) is 49.4 Å². The lowest BCUT2D eigenvalue weighted by molar-refractivity contribution is -0.139. The van der Waals surface area contributed by atoms with E-state index in [2.05, 4.69) is 11.9 Å². The molecule has 1 rings (SSSR count). The van der Waals surface area contributed by atoms with Gasteiger partial charge in [-0.1, -0.05) is 25.8 Å². The molecule has 1 aliphatic rings. The lowest BCUT2D eigenvalue weighted by Gasteiger charge is -2.33. The van der Waals surface area contributed by atoms with E-state index in [4.69, 9.17) is 0 Å². The Morgan fingerprint density at radius 1 is 1.32 bits per heavy atom. The molecule has 1 N–H and O–H groups in total. The Hall–Kier alpha value is -1.32. The molecule has 1 saturated carbocycles. The first kappa shape index (κ1) is 15.7. The zero-order valence-corrected chi connectivity index (χ0v) is 12.4. The summed E-state index contributed by atoms with van der Waals surface area (Å²) >= 11 is 0. The molecule has 0 saturated heterocycles. The minimum Gasteiger partial charge on any atom is -0.343 e. The highest BCUT2D eigenvalue weighted by Gasteiger charge is 2.32. The van der Waals surface area contributed by atoms with Crippen LogP contribution in [0.3, 0.4) is 0 Å². The minimum atomic E-state index is -0.880. The molecule has 0 aliphatic heterocycles. The molecule has 0 unspecified atom stereocenters. The highest BCUT2D eigenvalue weighted by Crippen LogP contribution is 2.24. The molecule has 0 heterocycles. The smallest absolute Gasteiger partial charge is 0.247 e. The van der Waals surface area contributed by atoms with Gasteiger partial charge in [-0.15, -0.1) is 0 Å². The zero-order chi connectivity index (χ0) is 14.5. The molecule has 0 spiro atoms. The van der Waals surface area contributed by atoms with E-state index >= 15 is 0 Å². The number of hydrogen-bond donors (Lipinski definition) is 1. The van der Waals surface area contributed by atoms with Crippen LogP contribution in [0, 0.1) is 5.92 Å². The summed E-state index contributed by atoms with van der Waals surface area (Å²) < 4.78 is 0. The normalized spacial score (nSPS) is 16.8. The van der Waals surface area contributed by atoms with Crippen molar-refractivity contribution in [1.29, 1.82) is 0 Å². The average molecular weight is 266 g/mol. The summed E-state index contributed by atoms with van der Waals surface area (Å²) in [4.78, 5) is 25.5. The second-order valence-electron chi connectivity index (χ2n) is 6.01. The van der Waals surface area contributed by atoms with E-state index in [1.807, 2.05) is 7.05 Å². The third-order valence-corrected chi connectivity index (χ3v) is 3.76. The van der Waals surface area contributed by atoms with Crippen molar-refractivity contribution in [2.75, 3.05) is 13.6 Å². The molecular weight excluding hydrogens is 240 g/mol. The highest BCUT2D eigenvalue weighted by molar-refractivity contribution is 5.94. The molecule has 2 amide bonds. The highest BCUT2D eigenvalue weighted by atomic mass is 16.2. The molecule has 0 aromatic rings. The van der Waals surface area contributed by atoms with Crippen LogP contribution in [0.1, 0.15) is 46.0 Å². The Morgan fingerprint density at radius 3 is 2.42 bits per heavy atom. The molecule has 0 aromatic heterocycles. The maximum Gasteiger partial charge on any atom is 0.247 e. The van der Waals surface area contributed by atoms with Gasteiger partial charge in [-0.25, -0.2) is 0 Å². The molecule has 0 atom stereocenters. The quantitative estimate of drug-likeness (QED) is 0.775. The summed E-state index contributed by atoms with van der Waals surface area (Å²) in [6.07, 6.45) is 7.45. The van der Waals surface area contributed by atoms with Gasteiger partial charge in [0.05, 0.1) is 0 Å². The number of nitrogens with zero attached hydrogens (tertiary/aromatic N) is 1. The number of amides is 2. The van der Waals surface area contributed by atoms with E-state index in [1.165, 1.54) is 38.2 Å². The maximum absolute atomic E-state index is 12.4. The monoisotopic (exact) mass is 266 g/mol. The van der Waals surface area contributed by atoms with Crippen molar-refractivity contribution in [3.05, 3.63) is 12.7 Å². The minimum absolute atomic E-state index is 0.0479. The molecule has 0 aromatic carbocycles. The van der Waals surface area contributed by atoms with Crippen LogP contribution in [0.5, 0.6) is 0 Å². The van der Waals surface area contributed by atoms with Crippen molar-refractivity contribution in [3.63, 3.8) is 0 Å². The summed E-state index contributed by atoms with van der Waals surface area (Å²) in [6, 6.07) is 0. The van der Waals surface area contributed by atoms with Gasteiger partial charge in [0.1, 0.15) is 5.54 Å². The second-order valence-corrected chi connectivity index (χ2v) is 6.01. The third kappa shape index (κ3) is 4.69. The Bertz CT molecular complexity index is 344. The Kier molecular flexibility index (Phi) is 5.58. The molecule has 1 fully saturated rings. The first-order valence-electron chi connectivity index (χ1n) is 7.07. The third-order valence-electron chi connectivity index (χ3n) is 3.76. The van der Waals surface area contributed by atoms with E-state index in [-0.39, 0.29) is 11.8 Å². The molecule has 108 valence electrons. The van der Waals surface area contributed by atoms with Crippen molar-refractivity contribution in [2.45, 2.75) is 51.5 Å². The van der Waals surface area contributed by atoms with E-state index < -0.39 is 5.54 Å². The summed E-state index contributed by atoms with van der Waals surface area (Å²) in [5.41, 5.74) is -0.880. The average Bonchev–Trinajstić information content (AvgIpc) is 2.38. The van der Waals surface area contributed by atoms with Crippen molar-refractivity contribution < 1.29 is 9.59 Å². The van der Waals surface area contributed by atoms with Gasteiger partial charge in [0.15, 0.2) is 0 Å². The van der Waals surface area contributed by atoms with Crippen molar-refractivity contribution in [1.82, 2.24) is 10.2 Å². The Balaban J connectivity index is 2.54. The second kappa shape index (κ2) is 6.73. The van der Waals surface area contributed by atoms with Crippen LogP contribution in [-0.4, -0.2) is 35.8 Å². The van der Waals surface area contributed by atoms with Gasteiger partial charge in [-0.2, -0.15) is 0 Å². The fourth-order valence-corrected chi connectivity index (χ4v) is 2.73. The molecule has 4 nitrogen and oxygen atoms in total. The number of rotatable bonds is 5. The van der Waals surface area contributed by atoms with Crippen LogP contribution in [0.4, 0.5) is 0 Å². The van der Waals surface area contributed by atoms with E-state index in [9.17, 15) is 9.59 Å². The SMILES string of the molecule is C=CC(=O)NC(C)(C)C(=O)N(C)CC1CCCCC1. The number of nitrogens with one attached hydrogen (secondary N) is 1. The predicted molar refractivity (Wildman–Crippen MR) is 76.6 cm³/mol. The molecule has 0 bridgehead atoms. The summed E-state index contributed by atoms with van der Waals surface area (Å²) in [5, 5.41) is 2.68. The van der Waals surface area contributed by atoms with Crippen LogP contribution in [0.15, 0.2) is 12.7 Å². The van der Waals surface area contributed by atoms with Crippen LogP contribution < -0.4 is 5.32 Å². The Morgan fingerprint density at radius 2 is 1.89 bits per heavy atom. The summed E-state index contributed by atoms with van der Waals surface area (Å²) in [7, 11) is 1.82. The maximum atomic E-state index is 12.4. The van der Waals surface area contributed by atoms with Crippen LogP contribution in [0.25, 0.3) is 0 Å². The van der Waals surface area contributed by atoms with Crippen LogP contribution in [-0.2, 0) is 9.59 Å².